The van der Waals surface area contributed by atoms with E-state index in [4.69, 9.17) is 0 Å². The van der Waals surface area contributed by atoms with Crippen LogP contribution in [0.2, 0.25) is 0 Å². The molecule has 0 aliphatic heterocycles. The molecule has 2 aromatic rings. The van der Waals surface area contributed by atoms with Gasteiger partial charge in [-0.25, -0.2) is 0 Å². The number of nitrogens with one attached hydrogen (secondary N) is 1. The van der Waals surface area contributed by atoms with Crippen molar-refractivity contribution in [2.75, 3.05) is 6.54 Å². The van der Waals surface area contributed by atoms with Gasteiger partial charge in [-0.3, -0.25) is 0 Å². The molecule has 0 aliphatic carbocycles. The van der Waals surface area contributed by atoms with Crippen LogP contribution in [0.25, 0.3) is 0 Å². The van der Waals surface area contributed by atoms with E-state index in [0.717, 1.165) is 6.54 Å². The molecule has 1 aromatic heterocycles. The Balaban J connectivity index is 2.41. The topological polar surface area (TPSA) is 12.0 Å². The van der Waals surface area contributed by atoms with Crippen LogP contribution in [0.1, 0.15) is 40.8 Å². The number of hydrogen-bond acceptors (Lipinski definition) is 2. The molecule has 2 rings (SSSR count). The SMILES string of the molecule is CCNC(c1ccc(C)c(C)c1)c1cscc1C. The fraction of sp³-hybridized carbons (Fsp3) is 0.375. The van der Waals surface area contributed by atoms with E-state index in [1.54, 1.807) is 11.3 Å². The fourth-order valence-electron chi connectivity index (χ4n) is 2.22. The number of hydrogen-bond donors (Lipinski definition) is 1. The van der Waals surface area contributed by atoms with Crippen molar-refractivity contribution in [1.29, 1.82) is 0 Å². The predicted molar refractivity (Wildman–Crippen MR) is 80.5 cm³/mol. The third kappa shape index (κ3) is 2.65. The molecule has 1 atom stereocenters. The fourth-order valence-corrected chi connectivity index (χ4v) is 3.10. The Morgan fingerprint density at radius 3 is 2.39 bits per heavy atom. The first kappa shape index (κ1) is 13.3. The van der Waals surface area contributed by atoms with E-state index in [1.165, 1.54) is 27.8 Å². The zero-order valence-corrected chi connectivity index (χ0v) is 12.4. The lowest BCUT2D eigenvalue weighted by molar-refractivity contribution is 0.629. The summed E-state index contributed by atoms with van der Waals surface area (Å²) >= 11 is 1.78. The molecule has 1 nitrogen and oxygen atoms in total. The minimum Gasteiger partial charge on any atom is -0.306 e. The van der Waals surface area contributed by atoms with Gasteiger partial charge in [0.15, 0.2) is 0 Å². The number of thiophene rings is 1. The van der Waals surface area contributed by atoms with E-state index in [1.807, 2.05) is 0 Å². The van der Waals surface area contributed by atoms with E-state index >= 15 is 0 Å². The smallest absolute Gasteiger partial charge is 0.0587 e. The largest absolute Gasteiger partial charge is 0.306 e. The summed E-state index contributed by atoms with van der Waals surface area (Å²) in [7, 11) is 0. The van der Waals surface area contributed by atoms with Crippen molar-refractivity contribution in [3.05, 3.63) is 56.8 Å². The minimum atomic E-state index is 0.320. The van der Waals surface area contributed by atoms with Crippen molar-refractivity contribution in [3.63, 3.8) is 0 Å². The maximum atomic E-state index is 3.60. The second-order valence-corrected chi connectivity index (χ2v) is 5.59. The van der Waals surface area contributed by atoms with Crippen LogP contribution >= 0.6 is 11.3 Å². The Morgan fingerprint density at radius 1 is 1.06 bits per heavy atom. The lowest BCUT2D eigenvalue weighted by Crippen LogP contribution is -2.22. The summed E-state index contributed by atoms with van der Waals surface area (Å²) in [6.45, 7) is 9.68. The van der Waals surface area contributed by atoms with Crippen molar-refractivity contribution in [3.8, 4) is 0 Å². The monoisotopic (exact) mass is 259 g/mol. The lowest BCUT2D eigenvalue weighted by atomic mass is 9.95. The Hall–Kier alpha value is -1.12. The number of aryl methyl sites for hydroxylation is 3. The maximum absolute atomic E-state index is 3.60. The van der Waals surface area contributed by atoms with Crippen LogP contribution in [0.15, 0.2) is 29.0 Å². The third-order valence-electron chi connectivity index (χ3n) is 3.48. The highest BCUT2D eigenvalue weighted by atomic mass is 32.1. The van der Waals surface area contributed by atoms with Gasteiger partial charge in [-0.1, -0.05) is 25.1 Å². The molecule has 1 heterocycles. The number of rotatable bonds is 4. The van der Waals surface area contributed by atoms with Crippen LogP contribution in [-0.2, 0) is 0 Å². The Kier molecular flexibility index (Phi) is 4.20. The van der Waals surface area contributed by atoms with Crippen molar-refractivity contribution >= 4 is 11.3 Å². The highest BCUT2D eigenvalue weighted by Crippen LogP contribution is 2.28. The van der Waals surface area contributed by atoms with Gasteiger partial charge in [0.2, 0.25) is 0 Å². The third-order valence-corrected chi connectivity index (χ3v) is 4.36. The van der Waals surface area contributed by atoms with Gasteiger partial charge >= 0.3 is 0 Å². The van der Waals surface area contributed by atoms with Crippen LogP contribution < -0.4 is 5.32 Å². The molecule has 0 saturated carbocycles. The molecule has 1 aromatic carbocycles. The van der Waals surface area contributed by atoms with Crippen LogP contribution in [0.5, 0.6) is 0 Å². The van der Waals surface area contributed by atoms with Gasteiger partial charge in [-0.05, 0) is 65.9 Å². The van der Waals surface area contributed by atoms with Gasteiger partial charge in [0.1, 0.15) is 0 Å². The molecule has 0 bridgehead atoms. The summed E-state index contributed by atoms with van der Waals surface area (Å²) in [5.74, 6) is 0. The molecule has 1 N–H and O–H groups in total. The average Bonchev–Trinajstić information content (AvgIpc) is 2.76. The normalized spacial score (nSPS) is 12.7. The van der Waals surface area contributed by atoms with E-state index in [-0.39, 0.29) is 0 Å². The summed E-state index contributed by atoms with van der Waals surface area (Å²) in [6.07, 6.45) is 0. The van der Waals surface area contributed by atoms with Gasteiger partial charge in [-0.15, -0.1) is 0 Å². The van der Waals surface area contributed by atoms with E-state index < -0.39 is 0 Å². The van der Waals surface area contributed by atoms with E-state index in [9.17, 15) is 0 Å². The zero-order valence-electron chi connectivity index (χ0n) is 11.6. The standard InChI is InChI=1S/C16H21NS/c1-5-17-16(15-10-18-9-13(15)4)14-7-6-11(2)12(3)8-14/h6-10,16-17H,5H2,1-4H3. The zero-order chi connectivity index (χ0) is 13.1. The second-order valence-electron chi connectivity index (χ2n) is 4.84. The molecule has 2 heteroatoms. The quantitative estimate of drug-likeness (QED) is 0.859. The second kappa shape index (κ2) is 5.68. The first-order chi connectivity index (χ1) is 8.63. The molecular weight excluding hydrogens is 238 g/mol. The molecule has 96 valence electrons. The molecule has 1 unspecified atom stereocenters. The molecule has 0 spiro atoms. The van der Waals surface area contributed by atoms with E-state index in [0.29, 0.717) is 6.04 Å². The highest BCUT2D eigenvalue weighted by Gasteiger charge is 2.16. The summed E-state index contributed by atoms with van der Waals surface area (Å²) < 4.78 is 0. The first-order valence-electron chi connectivity index (χ1n) is 6.46. The average molecular weight is 259 g/mol. The van der Waals surface area contributed by atoms with Crippen molar-refractivity contribution in [2.24, 2.45) is 0 Å². The Bertz CT molecular complexity index is 528. The highest BCUT2D eigenvalue weighted by molar-refractivity contribution is 7.08. The van der Waals surface area contributed by atoms with Crippen LogP contribution in [0.3, 0.4) is 0 Å². The van der Waals surface area contributed by atoms with Crippen LogP contribution in [-0.4, -0.2) is 6.54 Å². The molecule has 0 radical (unpaired) electrons. The molecule has 0 aliphatic rings. The molecule has 0 fully saturated rings. The molecule has 0 saturated heterocycles. The van der Waals surface area contributed by atoms with Crippen LogP contribution in [0.4, 0.5) is 0 Å². The van der Waals surface area contributed by atoms with Gasteiger partial charge in [0, 0.05) is 0 Å². The van der Waals surface area contributed by atoms with Crippen LogP contribution in [0, 0.1) is 20.8 Å². The van der Waals surface area contributed by atoms with Crippen molar-refractivity contribution in [2.45, 2.75) is 33.7 Å². The lowest BCUT2D eigenvalue weighted by Gasteiger charge is -2.19. The maximum Gasteiger partial charge on any atom is 0.0587 e. The Labute approximate surface area is 114 Å². The number of benzene rings is 1. The molecular formula is C16H21NS. The van der Waals surface area contributed by atoms with Crippen molar-refractivity contribution < 1.29 is 0 Å². The van der Waals surface area contributed by atoms with Gasteiger partial charge < -0.3 is 5.32 Å². The first-order valence-corrected chi connectivity index (χ1v) is 7.41. The predicted octanol–water partition coefficient (Wildman–Crippen LogP) is 4.37. The minimum absolute atomic E-state index is 0.320. The Morgan fingerprint density at radius 2 is 1.83 bits per heavy atom. The summed E-state index contributed by atoms with van der Waals surface area (Å²) in [5.41, 5.74) is 6.87. The summed E-state index contributed by atoms with van der Waals surface area (Å²) in [6, 6.07) is 7.09. The van der Waals surface area contributed by atoms with Gasteiger partial charge in [0.25, 0.3) is 0 Å². The van der Waals surface area contributed by atoms with E-state index in [2.05, 4.69) is 62.0 Å². The summed E-state index contributed by atoms with van der Waals surface area (Å²) in [4.78, 5) is 0. The van der Waals surface area contributed by atoms with Crippen molar-refractivity contribution in [1.82, 2.24) is 5.32 Å². The molecule has 18 heavy (non-hydrogen) atoms. The van der Waals surface area contributed by atoms with Gasteiger partial charge in [0.05, 0.1) is 6.04 Å². The van der Waals surface area contributed by atoms with Gasteiger partial charge in [-0.2, -0.15) is 11.3 Å². The summed E-state index contributed by atoms with van der Waals surface area (Å²) in [5, 5.41) is 8.08. The molecule has 0 amide bonds.